The molecule has 1 aromatic heterocycles. The molecule has 43 heavy (non-hydrogen) atoms. The molecular weight excluding hydrogens is 562 g/mol. The predicted octanol–water partition coefficient (Wildman–Crippen LogP) is 4.38. The molecule has 5 atom stereocenters. The summed E-state index contributed by atoms with van der Waals surface area (Å²) in [5.41, 5.74) is 7.18. The number of benzene rings is 1. The highest BCUT2D eigenvalue weighted by Gasteiger charge is 2.69. The summed E-state index contributed by atoms with van der Waals surface area (Å²) >= 11 is 1.49. The topological polar surface area (TPSA) is 134 Å². The van der Waals surface area contributed by atoms with Gasteiger partial charge in [-0.3, -0.25) is 19.2 Å². The van der Waals surface area contributed by atoms with Gasteiger partial charge in [0.2, 0.25) is 17.6 Å². The molecule has 0 bridgehead atoms. The monoisotopic (exact) mass is 605 g/mol. The maximum Gasteiger partial charge on any atom is 0.287 e. The lowest BCUT2D eigenvalue weighted by atomic mass is 9.80. The molecule has 0 spiro atoms. The van der Waals surface area contributed by atoms with Crippen molar-refractivity contribution in [1.29, 1.82) is 0 Å². The number of piperidine rings is 1. The van der Waals surface area contributed by atoms with Crippen molar-refractivity contribution in [3.05, 3.63) is 35.7 Å². The minimum Gasteiger partial charge on any atom is -0.363 e. The number of carbonyl (C=O) groups excluding carboxylic acids is 4. The fourth-order valence-electron chi connectivity index (χ4n) is 7.78. The number of anilines is 1. The van der Waals surface area contributed by atoms with Gasteiger partial charge in [-0.15, -0.1) is 11.3 Å². The first-order chi connectivity index (χ1) is 20.6. The van der Waals surface area contributed by atoms with Crippen LogP contribution >= 0.6 is 11.3 Å². The maximum atomic E-state index is 14.5. The lowest BCUT2D eigenvalue weighted by Gasteiger charge is -2.37. The Labute approximate surface area is 257 Å². The molecule has 3 saturated carbocycles. The van der Waals surface area contributed by atoms with Crippen LogP contribution in [0.4, 0.5) is 5.13 Å². The van der Waals surface area contributed by atoms with Crippen molar-refractivity contribution in [1.82, 2.24) is 15.2 Å². The molecule has 2 heterocycles. The van der Waals surface area contributed by atoms with Crippen LogP contribution in [0.1, 0.15) is 71.6 Å². The van der Waals surface area contributed by atoms with Gasteiger partial charge in [-0.05, 0) is 48.3 Å². The number of rotatable bonds is 11. The van der Waals surface area contributed by atoms with Crippen LogP contribution in [-0.4, -0.2) is 58.1 Å². The first kappa shape index (κ1) is 29.8. The first-order valence-corrected chi connectivity index (χ1v) is 16.7. The molecule has 4 N–H and O–H groups in total. The molecule has 6 rings (SSSR count). The van der Waals surface area contributed by atoms with E-state index in [1.54, 1.807) is 4.90 Å². The number of ketones is 1. The zero-order chi connectivity index (χ0) is 30.3. The number of hydrogen-bond donors (Lipinski definition) is 3. The summed E-state index contributed by atoms with van der Waals surface area (Å²) < 4.78 is 0. The fraction of sp³-hybridized carbons (Fsp3) is 0.606. The Morgan fingerprint density at radius 2 is 1.77 bits per heavy atom. The van der Waals surface area contributed by atoms with Crippen molar-refractivity contribution in [2.45, 2.75) is 89.8 Å². The van der Waals surface area contributed by atoms with Gasteiger partial charge in [0.1, 0.15) is 12.1 Å². The van der Waals surface area contributed by atoms with Crippen LogP contribution in [0, 0.1) is 29.1 Å². The number of fused-ring (bicyclic) bond motifs is 1. The van der Waals surface area contributed by atoms with Gasteiger partial charge in [0, 0.05) is 17.5 Å². The molecule has 230 valence electrons. The average molecular weight is 606 g/mol. The van der Waals surface area contributed by atoms with E-state index in [9.17, 15) is 19.2 Å². The van der Waals surface area contributed by atoms with Crippen LogP contribution in [-0.2, 0) is 19.2 Å². The minimum absolute atomic E-state index is 0.000958. The maximum absolute atomic E-state index is 14.5. The highest BCUT2D eigenvalue weighted by Crippen LogP contribution is 2.65. The van der Waals surface area contributed by atoms with Gasteiger partial charge >= 0.3 is 0 Å². The third kappa shape index (κ3) is 5.95. The number of likely N-dealkylation sites (tertiary alicyclic amines) is 1. The molecule has 1 aromatic carbocycles. The molecule has 9 nitrogen and oxygen atoms in total. The summed E-state index contributed by atoms with van der Waals surface area (Å²) in [6.07, 6.45) is 8.64. The molecule has 0 radical (unpaired) electrons. The lowest BCUT2D eigenvalue weighted by Crippen LogP contribution is -2.58. The van der Waals surface area contributed by atoms with Crippen LogP contribution in [0.2, 0.25) is 0 Å². The van der Waals surface area contributed by atoms with Crippen molar-refractivity contribution in [3.8, 4) is 11.3 Å². The predicted molar refractivity (Wildman–Crippen MR) is 166 cm³/mol. The van der Waals surface area contributed by atoms with Crippen molar-refractivity contribution >= 4 is 40.0 Å². The van der Waals surface area contributed by atoms with E-state index >= 15 is 0 Å². The number of Topliss-reactive ketones (excluding diaryl/α,β-unsaturated/α-hetero) is 1. The van der Waals surface area contributed by atoms with E-state index < -0.39 is 29.8 Å². The Bertz CT molecular complexity index is 1370. The Morgan fingerprint density at radius 3 is 2.42 bits per heavy atom. The number of nitrogens with two attached hydrogens (primary N) is 1. The second kappa shape index (κ2) is 12.0. The Morgan fingerprint density at radius 1 is 1.05 bits per heavy atom. The minimum atomic E-state index is -1.03. The summed E-state index contributed by atoms with van der Waals surface area (Å²) in [7, 11) is 0. The zero-order valence-corrected chi connectivity index (χ0v) is 25.9. The van der Waals surface area contributed by atoms with Gasteiger partial charge in [-0.25, -0.2) is 4.98 Å². The van der Waals surface area contributed by atoms with Crippen molar-refractivity contribution in [2.24, 2.45) is 34.8 Å². The second-order valence-electron chi connectivity index (χ2n) is 13.6. The first-order valence-electron chi connectivity index (χ1n) is 15.9. The van der Waals surface area contributed by atoms with Gasteiger partial charge < -0.3 is 21.3 Å². The lowest BCUT2D eigenvalue weighted by molar-refractivity contribution is -0.144. The van der Waals surface area contributed by atoms with Crippen LogP contribution < -0.4 is 16.4 Å². The molecule has 1 aliphatic heterocycles. The summed E-state index contributed by atoms with van der Waals surface area (Å²) in [4.78, 5) is 59.7. The summed E-state index contributed by atoms with van der Waals surface area (Å²) in [6, 6.07) is 7.83. The van der Waals surface area contributed by atoms with E-state index in [1.807, 2.05) is 35.7 Å². The van der Waals surface area contributed by atoms with Crippen molar-refractivity contribution in [2.75, 3.05) is 11.9 Å². The second-order valence-corrected chi connectivity index (χ2v) is 14.5. The normalized spacial score (nSPS) is 26.1. The SMILES string of the molecule is CC1(C)C2[C@@H](C(=O)NC(CC3CCC3)C(=O)C(N)=O)N(C(=O)[C@@H](Nc3nc(-c4ccccc4)cs3)C3CCCCC3)C[C@@H]21. The fourth-order valence-corrected chi connectivity index (χ4v) is 8.54. The molecule has 10 heteroatoms. The molecule has 1 saturated heterocycles. The van der Waals surface area contributed by atoms with E-state index in [4.69, 9.17) is 10.7 Å². The van der Waals surface area contributed by atoms with Crippen molar-refractivity contribution in [3.63, 3.8) is 0 Å². The van der Waals surface area contributed by atoms with Crippen LogP contribution in [0.15, 0.2) is 35.7 Å². The highest BCUT2D eigenvalue weighted by atomic mass is 32.1. The summed E-state index contributed by atoms with van der Waals surface area (Å²) in [5, 5.41) is 9.10. The van der Waals surface area contributed by atoms with Gasteiger partial charge in [-0.1, -0.05) is 82.7 Å². The smallest absolute Gasteiger partial charge is 0.287 e. The van der Waals surface area contributed by atoms with E-state index in [-0.39, 0.29) is 35.0 Å². The van der Waals surface area contributed by atoms with E-state index in [2.05, 4.69) is 24.5 Å². The van der Waals surface area contributed by atoms with Gasteiger partial charge in [0.05, 0.1) is 11.7 Å². The molecule has 3 amide bonds. The molecular formula is C33H43N5O4S. The summed E-state index contributed by atoms with van der Waals surface area (Å²) in [5.74, 6) is -1.59. The van der Waals surface area contributed by atoms with Gasteiger partial charge in [0.25, 0.3) is 5.91 Å². The highest BCUT2D eigenvalue weighted by molar-refractivity contribution is 7.14. The molecule has 4 fully saturated rings. The van der Waals surface area contributed by atoms with E-state index in [0.717, 1.165) is 62.6 Å². The Kier molecular flexibility index (Phi) is 8.33. The number of hydrogen-bond acceptors (Lipinski definition) is 7. The van der Waals surface area contributed by atoms with Crippen molar-refractivity contribution < 1.29 is 19.2 Å². The van der Waals surface area contributed by atoms with E-state index in [0.29, 0.717) is 24.0 Å². The van der Waals surface area contributed by atoms with E-state index in [1.165, 1.54) is 11.3 Å². The molecule has 3 aliphatic carbocycles. The zero-order valence-electron chi connectivity index (χ0n) is 25.1. The Hall–Kier alpha value is -3.27. The number of nitrogens with zero attached hydrogens (tertiary/aromatic N) is 2. The van der Waals surface area contributed by atoms with Crippen LogP contribution in [0.3, 0.4) is 0 Å². The summed E-state index contributed by atoms with van der Waals surface area (Å²) in [6.45, 7) is 4.79. The molecule has 2 aromatic rings. The van der Waals surface area contributed by atoms with Gasteiger partial charge in [-0.2, -0.15) is 0 Å². The number of carbonyl (C=O) groups is 4. The third-order valence-corrected chi connectivity index (χ3v) is 11.4. The molecule has 2 unspecified atom stereocenters. The number of primary amides is 1. The number of amides is 3. The van der Waals surface area contributed by atoms with Gasteiger partial charge in [0.15, 0.2) is 5.13 Å². The third-order valence-electron chi connectivity index (χ3n) is 10.7. The standard InChI is InChI=1S/C33H43N5O4S/c1-33(2)22-17-38(27(25(22)33)30(41)35-23(28(39)29(34)40)16-19-10-9-11-19)31(42)26(21-14-7-4-8-15-21)37-32-36-24(18-43-32)20-12-5-3-6-13-20/h3,5-6,12-13,18-19,21-23,25-27H,4,7-11,14-17H2,1-2H3,(H2,34,40)(H,35,41)(H,36,37)/t22-,23?,25?,26-,27-/m0/s1. The largest absolute Gasteiger partial charge is 0.363 e. The number of nitrogens with one attached hydrogen (secondary N) is 2. The average Bonchev–Trinajstić information content (AvgIpc) is 3.37. The number of thiazole rings is 1. The van der Waals surface area contributed by atoms with Crippen LogP contribution in [0.25, 0.3) is 11.3 Å². The Balaban J connectivity index is 1.24. The number of aromatic nitrogens is 1. The molecule has 4 aliphatic rings. The van der Waals surface area contributed by atoms with Crippen LogP contribution in [0.5, 0.6) is 0 Å². The quantitative estimate of drug-likeness (QED) is 0.326.